The molecule has 0 fully saturated rings. The monoisotopic (exact) mass is 423 g/mol. The number of benzene rings is 2. The van der Waals surface area contributed by atoms with Gasteiger partial charge in [0.2, 0.25) is 0 Å². The molecular weight excluding hydrogens is 394 g/mol. The summed E-state index contributed by atoms with van der Waals surface area (Å²) in [4.78, 5) is 11.6. The van der Waals surface area contributed by atoms with Crippen LogP contribution in [0.15, 0.2) is 59.1 Å². The molecule has 0 saturated heterocycles. The lowest BCUT2D eigenvalue weighted by atomic mass is 10.1. The molecule has 164 valence electrons. The average Bonchev–Trinajstić information content (AvgIpc) is 3.31. The summed E-state index contributed by atoms with van der Waals surface area (Å²) >= 11 is 0. The van der Waals surface area contributed by atoms with Crippen molar-refractivity contribution in [1.29, 1.82) is 0 Å². The number of ether oxygens (including phenoxy) is 3. The molecule has 0 bridgehead atoms. The first kappa shape index (κ1) is 22.6. The van der Waals surface area contributed by atoms with Gasteiger partial charge in [0.05, 0.1) is 19.3 Å². The van der Waals surface area contributed by atoms with Crippen molar-refractivity contribution in [3.05, 3.63) is 60.2 Å². The van der Waals surface area contributed by atoms with Gasteiger partial charge in [-0.1, -0.05) is 36.6 Å². The molecule has 3 rings (SSSR count). The molecule has 0 aliphatic rings. The number of rotatable bonds is 12. The molecule has 6 nitrogen and oxygen atoms in total. The molecule has 0 atom stereocenters. The van der Waals surface area contributed by atoms with Crippen LogP contribution in [0.4, 0.5) is 0 Å². The third-order valence-electron chi connectivity index (χ3n) is 5.01. The highest BCUT2D eigenvalue weighted by atomic mass is 16.5. The number of carbonyl (C=O) groups is 1. The van der Waals surface area contributed by atoms with E-state index in [1.807, 2.05) is 42.5 Å². The Balaban J connectivity index is 1.49. The zero-order valence-corrected chi connectivity index (χ0v) is 18.1. The summed E-state index contributed by atoms with van der Waals surface area (Å²) in [6.07, 6.45) is 5.77. The van der Waals surface area contributed by atoms with E-state index in [-0.39, 0.29) is 5.97 Å². The second-order valence-corrected chi connectivity index (χ2v) is 7.28. The number of aromatic nitrogens is 1. The summed E-state index contributed by atoms with van der Waals surface area (Å²) in [5.41, 5.74) is 2.99. The van der Waals surface area contributed by atoms with E-state index in [4.69, 9.17) is 18.7 Å². The number of methoxy groups -OCH3 is 2. The number of hydrogen-bond donors (Lipinski definition) is 0. The molecule has 0 radical (unpaired) electrons. The van der Waals surface area contributed by atoms with Crippen molar-refractivity contribution in [2.75, 3.05) is 27.4 Å². The van der Waals surface area contributed by atoms with E-state index in [1.165, 1.54) is 26.4 Å². The van der Waals surface area contributed by atoms with Gasteiger partial charge in [0.15, 0.2) is 5.76 Å². The van der Waals surface area contributed by atoms with Crippen molar-refractivity contribution in [3.63, 3.8) is 0 Å². The zero-order chi connectivity index (χ0) is 21.9. The fourth-order valence-electron chi connectivity index (χ4n) is 3.23. The summed E-state index contributed by atoms with van der Waals surface area (Å²) in [7, 11) is 3.11. The Morgan fingerprint density at radius 1 is 0.839 bits per heavy atom. The van der Waals surface area contributed by atoms with Crippen molar-refractivity contribution >= 4 is 5.97 Å². The van der Waals surface area contributed by atoms with Crippen molar-refractivity contribution in [3.8, 4) is 28.3 Å². The van der Waals surface area contributed by atoms with Crippen LogP contribution in [-0.4, -0.2) is 38.6 Å². The van der Waals surface area contributed by atoms with Crippen molar-refractivity contribution in [2.24, 2.45) is 0 Å². The van der Waals surface area contributed by atoms with E-state index < -0.39 is 0 Å². The highest BCUT2D eigenvalue weighted by Gasteiger charge is 2.10. The summed E-state index contributed by atoms with van der Waals surface area (Å²) in [5.74, 6) is 1.16. The van der Waals surface area contributed by atoms with Crippen molar-refractivity contribution < 1.29 is 23.5 Å². The second kappa shape index (κ2) is 11.9. The first-order valence-electron chi connectivity index (χ1n) is 10.6. The average molecular weight is 424 g/mol. The number of nitrogens with zero attached hydrogens (tertiary/aromatic N) is 1. The lowest BCUT2D eigenvalue weighted by Gasteiger charge is -2.06. The highest BCUT2D eigenvalue weighted by Crippen LogP contribution is 2.27. The fourth-order valence-corrected chi connectivity index (χ4v) is 3.23. The van der Waals surface area contributed by atoms with Crippen LogP contribution in [0.3, 0.4) is 0 Å². The van der Waals surface area contributed by atoms with E-state index in [0.29, 0.717) is 17.0 Å². The van der Waals surface area contributed by atoms with Crippen LogP contribution in [0.1, 0.15) is 42.5 Å². The van der Waals surface area contributed by atoms with E-state index in [1.54, 1.807) is 19.2 Å². The molecule has 6 heteroatoms. The SMILES string of the molecule is COCCCCCCCOc1ccc(-c2cc(-c3ccc(C(=O)OC)cc3)no2)cc1. The van der Waals surface area contributed by atoms with Crippen LogP contribution in [0.2, 0.25) is 0 Å². The number of unbranched alkanes of at least 4 members (excludes halogenated alkanes) is 4. The van der Waals surface area contributed by atoms with E-state index >= 15 is 0 Å². The smallest absolute Gasteiger partial charge is 0.337 e. The molecule has 0 unspecified atom stereocenters. The van der Waals surface area contributed by atoms with Crippen LogP contribution in [0.5, 0.6) is 5.75 Å². The Bertz CT molecular complexity index is 931. The fraction of sp³-hybridized carbons (Fsp3) is 0.360. The topological polar surface area (TPSA) is 70.8 Å². The Morgan fingerprint density at radius 2 is 1.48 bits per heavy atom. The van der Waals surface area contributed by atoms with Gasteiger partial charge in [0, 0.05) is 30.9 Å². The van der Waals surface area contributed by atoms with Gasteiger partial charge in [-0.2, -0.15) is 0 Å². The molecule has 0 aliphatic carbocycles. The molecule has 1 aromatic heterocycles. The summed E-state index contributed by atoms with van der Waals surface area (Å²) in [5, 5.41) is 4.15. The second-order valence-electron chi connectivity index (χ2n) is 7.28. The molecule has 2 aromatic carbocycles. The molecule has 3 aromatic rings. The first-order chi connectivity index (χ1) is 15.2. The maximum Gasteiger partial charge on any atom is 0.337 e. The Labute approximate surface area is 183 Å². The predicted octanol–water partition coefficient (Wildman–Crippen LogP) is 5.77. The van der Waals surface area contributed by atoms with Gasteiger partial charge in [-0.15, -0.1) is 0 Å². The maximum atomic E-state index is 11.6. The highest BCUT2D eigenvalue weighted by molar-refractivity contribution is 5.89. The number of esters is 1. The standard InChI is InChI=1S/C25H29NO5/c1-28-16-6-4-3-5-7-17-30-22-14-12-20(13-15-22)24-18-23(26-31-24)19-8-10-21(11-9-19)25(27)29-2/h8-15,18H,3-7,16-17H2,1-2H3. The Kier molecular flexibility index (Phi) is 8.67. The molecule has 0 amide bonds. The lowest BCUT2D eigenvalue weighted by Crippen LogP contribution is -2.00. The van der Waals surface area contributed by atoms with E-state index in [2.05, 4.69) is 5.16 Å². The van der Waals surface area contributed by atoms with Gasteiger partial charge in [-0.05, 0) is 49.2 Å². The third kappa shape index (κ3) is 6.69. The first-order valence-corrected chi connectivity index (χ1v) is 10.6. The number of hydrogen-bond acceptors (Lipinski definition) is 6. The van der Waals surface area contributed by atoms with Gasteiger partial charge in [0.25, 0.3) is 0 Å². The normalized spacial score (nSPS) is 10.8. The Hall–Kier alpha value is -3.12. The summed E-state index contributed by atoms with van der Waals surface area (Å²) in [6.45, 7) is 1.56. The number of carbonyl (C=O) groups excluding carboxylic acids is 1. The van der Waals surface area contributed by atoms with Crippen LogP contribution >= 0.6 is 0 Å². The van der Waals surface area contributed by atoms with Crippen LogP contribution < -0.4 is 4.74 Å². The van der Waals surface area contributed by atoms with Gasteiger partial charge in [-0.3, -0.25) is 0 Å². The maximum absolute atomic E-state index is 11.6. The van der Waals surface area contributed by atoms with Crippen LogP contribution in [0.25, 0.3) is 22.6 Å². The minimum atomic E-state index is -0.364. The minimum absolute atomic E-state index is 0.364. The van der Waals surface area contributed by atoms with E-state index in [9.17, 15) is 4.79 Å². The van der Waals surface area contributed by atoms with Gasteiger partial charge in [0.1, 0.15) is 11.4 Å². The van der Waals surface area contributed by atoms with Crippen LogP contribution in [0, 0.1) is 0 Å². The molecule has 1 heterocycles. The van der Waals surface area contributed by atoms with Crippen molar-refractivity contribution in [1.82, 2.24) is 5.16 Å². The molecular formula is C25H29NO5. The molecule has 0 aliphatic heterocycles. The molecule has 0 N–H and O–H groups in total. The minimum Gasteiger partial charge on any atom is -0.494 e. The van der Waals surface area contributed by atoms with Crippen LogP contribution in [-0.2, 0) is 9.47 Å². The van der Waals surface area contributed by atoms with E-state index in [0.717, 1.165) is 42.9 Å². The molecule has 31 heavy (non-hydrogen) atoms. The van der Waals surface area contributed by atoms with Gasteiger partial charge < -0.3 is 18.7 Å². The third-order valence-corrected chi connectivity index (χ3v) is 5.01. The summed E-state index contributed by atoms with van der Waals surface area (Å²) < 4.78 is 21.1. The largest absolute Gasteiger partial charge is 0.494 e. The van der Waals surface area contributed by atoms with Gasteiger partial charge in [-0.25, -0.2) is 4.79 Å². The molecule has 0 saturated carbocycles. The lowest BCUT2D eigenvalue weighted by molar-refractivity contribution is 0.0600. The predicted molar refractivity (Wildman–Crippen MR) is 119 cm³/mol. The zero-order valence-electron chi connectivity index (χ0n) is 18.1. The quantitative estimate of drug-likeness (QED) is 0.272. The van der Waals surface area contributed by atoms with Crippen molar-refractivity contribution in [2.45, 2.75) is 32.1 Å². The Morgan fingerprint density at radius 3 is 2.16 bits per heavy atom. The van der Waals surface area contributed by atoms with Gasteiger partial charge >= 0.3 is 5.97 Å². The molecule has 0 spiro atoms. The summed E-state index contributed by atoms with van der Waals surface area (Å²) in [6, 6.07) is 16.8.